The van der Waals surface area contributed by atoms with Crippen LogP contribution in [0.3, 0.4) is 0 Å². The van der Waals surface area contributed by atoms with Crippen molar-refractivity contribution in [2.75, 3.05) is 4.72 Å². The van der Waals surface area contributed by atoms with Crippen LogP contribution >= 0.6 is 11.9 Å². The summed E-state index contributed by atoms with van der Waals surface area (Å²) in [6, 6.07) is 12.8. The lowest BCUT2D eigenvalue weighted by atomic mass is 10.2. The average Bonchev–Trinajstić information content (AvgIpc) is 2.37. The molecule has 0 spiro atoms. The maximum absolute atomic E-state index is 12.4. The van der Waals surface area contributed by atoms with Gasteiger partial charge >= 0.3 is 6.18 Å². The highest BCUT2D eigenvalue weighted by atomic mass is 32.2. The van der Waals surface area contributed by atoms with Crippen LogP contribution in [0.4, 0.5) is 18.9 Å². The molecule has 0 radical (unpaired) electrons. The Labute approximate surface area is 114 Å². The number of nitrogens with one attached hydrogen (secondary N) is 1. The van der Waals surface area contributed by atoms with Crippen molar-refractivity contribution in [3.8, 4) is 0 Å². The zero-order valence-corrected chi connectivity index (χ0v) is 11.0. The summed E-state index contributed by atoms with van der Waals surface area (Å²) in [5, 5.41) is 0. The van der Waals surface area contributed by atoms with E-state index in [1.165, 1.54) is 24.1 Å². The van der Waals surface area contributed by atoms with Gasteiger partial charge in [-0.1, -0.05) is 18.2 Å². The van der Waals surface area contributed by atoms with E-state index in [0.717, 1.165) is 22.6 Å². The van der Waals surface area contributed by atoms with Crippen molar-refractivity contribution in [3.05, 3.63) is 59.7 Å². The molecule has 0 atom stereocenters. The first kappa shape index (κ1) is 13.8. The van der Waals surface area contributed by atoms with E-state index in [4.69, 9.17) is 0 Å². The molecule has 0 fully saturated rings. The topological polar surface area (TPSA) is 12.0 Å². The van der Waals surface area contributed by atoms with Crippen molar-refractivity contribution in [2.45, 2.75) is 18.0 Å². The van der Waals surface area contributed by atoms with Gasteiger partial charge in [-0.2, -0.15) is 13.2 Å². The molecule has 0 bridgehead atoms. The van der Waals surface area contributed by atoms with Gasteiger partial charge in [-0.25, -0.2) is 0 Å². The molecule has 2 aromatic carbocycles. The highest BCUT2D eigenvalue weighted by Gasteiger charge is 2.29. The van der Waals surface area contributed by atoms with Crippen LogP contribution < -0.4 is 4.72 Å². The van der Waals surface area contributed by atoms with E-state index in [1.54, 1.807) is 0 Å². The van der Waals surface area contributed by atoms with Crippen molar-refractivity contribution in [2.24, 2.45) is 0 Å². The number of anilines is 1. The van der Waals surface area contributed by atoms with Crippen LogP contribution in [0, 0.1) is 6.92 Å². The Morgan fingerprint density at radius 3 is 2.16 bits per heavy atom. The normalized spacial score (nSPS) is 11.4. The van der Waals surface area contributed by atoms with Crippen molar-refractivity contribution < 1.29 is 13.2 Å². The number of halogens is 3. The quantitative estimate of drug-likeness (QED) is 0.783. The summed E-state index contributed by atoms with van der Waals surface area (Å²) in [4.78, 5) is 1.04. The lowest BCUT2D eigenvalue weighted by Gasteiger charge is -2.10. The summed E-state index contributed by atoms with van der Waals surface area (Å²) in [5.41, 5.74) is 1.12. The molecule has 2 aromatic rings. The maximum Gasteiger partial charge on any atom is 0.416 e. The fourth-order valence-electron chi connectivity index (χ4n) is 1.51. The lowest BCUT2D eigenvalue weighted by Crippen LogP contribution is -2.04. The number of rotatable bonds is 3. The Balaban J connectivity index is 2.03. The molecule has 0 saturated heterocycles. The summed E-state index contributed by atoms with van der Waals surface area (Å²) < 4.78 is 40.2. The molecule has 0 heterocycles. The first-order valence-corrected chi connectivity index (χ1v) is 6.44. The van der Waals surface area contributed by atoms with E-state index in [2.05, 4.69) is 4.72 Å². The number of aryl methyl sites for hydroxylation is 1. The number of alkyl halides is 3. The molecule has 0 aliphatic heterocycles. The van der Waals surface area contributed by atoms with Gasteiger partial charge in [0.05, 0.1) is 5.56 Å². The highest BCUT2D eigenvalue weighted by molar-refractivity contribution is 8.00. The van der Waals surface area contributed by atoms with E-state index in [1.807, 2.05) is 31.2 Å². The Bertz CT molecular complexity index is 549. The van der Waals surface area contributed by atoms with Gasteiger partial charge in [0.2, 0.25) is 0 Å². The summed E-state index contributed by atoms with van der Waals surface area (Å²) in [6.07, 6.45) is -4.29. The van der Waals surface area contributed by atoms with Crippen LogP contribution in [0.2, 0.25) is 0 Å². The van der Waals surface area contributed by atoms with Crippen LogP contribution in [0.25, 0.3) is 0 Å². The highest BCUT2D eigenvalue weighted by Crippen LogP contribution is 2.31. The molecule has 0 aliphatic carbocycles. The van der Waals surface area contributed by atoms with Crippen LogP contribution in [-0.4, -0.2) is 0 Å². The summed E-state index contributed by atoms with van der Waals surface area (Å²) >= 11 is 1.38. The summed E-state index contributed by atoms with van der Waals surface area (Å²) in [6.45, 7) is 1.98. The third-order valence-corrected chi connectivity index (χ3v) is 3.60. The van der Waals surface area contributed by atoms with Crippen LogP contribution in [0.5, 0.6) is 0 Å². The molecule has 2 rings (SSSR count). The van der Waals surface area contributed by atoms with Crippen molar-refractivity contribution in [1.82, 2.24) is 0 Å². The molecule has 0 aromatic heterocycles. The molecule has 5 heteroatoms. The zero-order chi connectivity index (χ0) is 13.9. The molecule has 19 heavy (non-hydrogen) atoms. The second-order valence-corrected chi connectivity index (χ2v) is 4.89. The molecule has 100 valence electrons. The minimum absolute atomic E-state index is 0.640. The summed E-state index contributed by atoms with van der Waals surface area (Å²) in [5.74, 6) is 0. The monoisotopic (exact) mass is 283 g/mol. The van der Waals surface area contributed by atoms with Gasteiger partial charge in [0.25, 0.3) is 0 Å². The van der Waals surface area contributed by atoms with Crippen LogP contribution in [0.15, 0.2) is 53.4 Å². The third-order valence-electron chi connectivity index (χ3n) is 2.58. The average molecular weight is 283 g/mol. The zero-order valence-electron chi connectivity index (χ0n) is 10.2. The first-order chi connectivity index (χ1) is 8.97. The van der Waals surface area contributed by atoms with Gasteiger partial charge in [-0.05, 0) is 54.8 Å². The van der Waals surface area contributed by atoms with Crippen molar-refractivity contribution >= 4 is 17.6 Å². The summed E-state index contributed by atoms with van der Waals surface area (Å²) in [7, 11) is 0. The van der Waals surface area contributed by atoms with Gasteiger partial charge in [0, 0.05) is 10.6 Å². The van der Waals surface area contributed by atoms with E-state index in [0.29, 0.717) is 5.69 Å². The molecule has 0 amide bonds. The lowest BCUT2D eigenvalue weighted by molar-refractivity contribution is -0.137. The van der Waals surface area contributed by atoms with E-state index >= 15 is 0 Å². The van der Waals surface area contributed by atoms with Gasteiger partial charge in [-0.15, -0.1) is 0 Å². The van der Waals surface area contributed by atoms with E-state index < -0.39 is 11.7 Å². The Hall–Kier alpha value is -1.62. The minimum atomic E-state index is -4.29. The van der Waals surface area contributed by atoms with Crippen molar-refractivity contribution in [3.63, 3.8) is 0 Å². The smallest absolute Gasteiger partial charge is 0.326 e. The Morgan fingerprint density at radius 1 is 0.947 bits per heavy atom. The standard InChI is InChI=1S/C14H12F3NS/c1-10-4-2-3-5-13(10)19-18-12-8-6-11(7-9-12)14(15,16)17/h2-9,18H,1H3. The Kier molecular flexibility index (Phi) is 4.04. The van der Waals surface area contributed by atoms with Crippen LogP contribution in [-0.2, 0) is 6.18 Å². The predicted octanol–water partition coefficient (Wildman–Crippen LogP) is 5.13. The van der Waals surface area contributed by atoms with Gasteiger partial charge in [0.15, 0.2) is 0 Å². The molecule has 0 unspecified atom stereocenters. The molecule has 1 nitrogen and oxygen atoms in total. The van der Waals surface area contributed by atoms with E-state index in [9.17, 15) is 13.2 Å². The SMILES string of the molecule is Cc1ccccc1SNc1ccc(C(F)(F)F)cc1. The maximum atomic E-state index is 12.4. The predicted molar refractivity (Wildman–Crippen MR) is 72.1 cm³/mol. The molecular weight excluding hydrogens is 271 g/mol. The first-order valence-electron chi connectivity index (χ1n) is 5.62. The third kappa shape index (κ3) is 3.67. The molecular formula is C14H12F3NS. The van der Waals surface area contributed by atoms with Gasteiger partial charge < -0.3 is 4.72 Å². The van der Waals surface area contributed by atoms with Gasteiger partial charge in [-0.3, -0.25) is 0 Å². The minimum Gasteiger partial charge on any atom is -0.326 e. The second-order valence-electron chi connectivity index (χ2n) is 4.04. The molecule has 0 saturated carbocycles. The fourth-order valence-corrected chi connectivity index (χ4v) is 2.25. The van der Waals surface area contributed by atoms with Crippen molar-refractivity contribution in [1.29, 1.82) is 0 Å². The van der Waals surface area contributed by atoms with Crippen LogP contribution in [0.1, 0.15) is 11.1 Å². The molecule has 0 aliphatic rings. The molecule has 1 N–H and O–H groups in total. The van der Waals surface area contributed by atoms with Gasteiger partial charge in [0.1, 0.15) is 0 Å². The largest absolute Gasteiger partial charge is 0.416 e. The fraction of sp³-hybridized carbons (Fsp3) is 0.143. The van der Waals surface area contributed by atoms with E-state index in [-0.39, 0.29) is 0 Å². The number of hydrogen-bond donors (Lipinski definition) is 1. The number of benzene rings is 2. The Morgan fingerprint density at radius 2 is 1.58 bits per heavy atom. The number of hydrogen-bond acceptors (Lipinski definition) is 2. The second kappa shape index (κ2) is 5.57.